The lowest BCUT2D eigenvalue weighted by Gasteiger charge is -2.28. The van der Waals surface area contributed by atoms with Gasteiger partial charge in [0, 0.05) is 18.7 Å². The first-order valence-electron chi connectivity index (χ1n) is 12.8. The molecular formula is C27H34N4O6. The van der Waals surface area contributed by atoms with Crippen LogP contribution >= 0.6 is 0 Å². The molecule has 0 radical (unpaired) electrons. The van der Waals surface area contributed by atoms with E-state index in [1.165, 1.54) is 0 Å². The van der Waals surface area contributed by atoms with Crippen LogP contribution < -0.4 is 27.2 Å². The molecule has 0 fully saturated rings. The summed E-state index contributed by atoms with van der Waals surface area (Å²) in [6, 6.07) is 6.81. The van der Waals surface area contributed by atoms with E-state index in [9.17, 15) is 24.3 Å². The highest BCUT2D eigenvalue weighted by Gasteiger charge is 2.37. The Hall–Kier alpha value is -3.82. The molecule has 4 rings (SSSR count). The first kappa shape index (κ1) is 26.2. The zero-order valence-electron chi connectivity index (χ0n) is 21.7. The van der Waals surface area contributed by atoms with Crippen molar-refractivity contribution in [3.63, 3.8) is 0 Å². The molecule has 3 N–H and O–H groups in total. The maximum Gasteiger partial charge on any atom is 0.331 e. The van der Waals surface area contributed by atoms with Crippen LogP contribution in [0.3, 0.4) is 0 Å². The Morgan fingerprint density at radius 2 is 1.46 bits per heavy atom. The number of para-hydroxylation sites is 1. The Kier molecular flexibility index (Phi) is 7.56. The molecule has 1 aromatic carbocycles. The van der Waals surface area contributed by atoms with Gasteiger partial charge in [0.05, 0.1) is 17.0 Å². The van der Waals surface area contributed by atoms with Crippen LogP contribution in [0.5, 0.6) is 17.5 Å². The fourth-order valence-corrected chi connectivity index (χ4v) is 4.84. The lowest BCUT2D eigenvalue weighted by atomic mass is 9.84. The van der Waals surface area contributed by atoms with E-state index in [4.69, 9.17) is 4.74 Å². The summed E-state index contributed by atoms with van der Waals surface area (Å²) in [7, 11) is 0. The fourth-order valence-electron chi connectivity index (χ4n) is 4.84. The Labute approximate surface area is 213 Å². The molecule has 0 saturated carbocycles. The molecule has 0 unspecified atom stereocenters. The van der Waals surface area contributed by atoms with Gasteiger partial charge in [-0.1, -0.05) is 45.9 Å². The molecule has 3 aromatic rings. The van der Waals surface area contributed by atoms with Gasteiger partial charge in [0.15, 0.2) is 0 Å². The summed E-state index contributed by atoms with van der Waals surface area (Å²) in [6.45, 7) is 8.64. The van der Waals surface area contributed by atoms with E-state index in [1.54, 1.807) is 24.3 Å². The number of fused-ring (bicyclic) bond motifs is 2. The average Bonchev–Trinajstić information content (AvgIpc) is 2.82. The zero-order valence-corrected chi connectivity index (χ0v) is 21.7. The predicted octanol–water partition coefficient (Wildman–Crippen LogP) is 3.25. The van der Waals surface area contributed by atoms with E-state index in [0.717, 1.165) is 22.0 Å². The van der Waals surface area contributed by atoms with Gasteiger partial charge in [0.2, 0.25) is 11.8 Å². The SMILES string of the molecule is CC(C)CCCn1c(O)c([C@@H]2c3ccccc3Oc3[nH]c(=O)n(CCCC(C)C)c(=O)c32)c(=O)[nH]c1=O. The van der Waals surface area contributed by atoms with Crippen molar-refractivity contribution in [2.45, 2.75) is 72.4 Å². The van der Waals surface area contributed by atoms with Gasteiger partial charge in [-0.3, -0.25) is 28.7 Å². The quantitative estimate of drug-likeness (QED) is 0.316. The third kappa shape index (κ3) is 5.19. The number of hydrogen-bond donors (Lipinski definition) is 3. The molecule has 198 valence electrons. The third-order valence-corrected chi connectivity index (χ3v) is 6.74. The molecule has 1 atom stereocenters. The number of rotatable bonds is 9. The third-order valence-electron chi connectivity index (χ3n) is 6.74. The maximum atomic E-state index is 13.7. The number of aromatic nitrogens is 4. The first-order chi connectivity index (χ1) is 17.6. The van der Waals surface area contributed by atoms with E-state index in [1.807, 2.05) is 0 Å². The van der Waals surface area contributed by atoms with Crippen LogP contribution in [-0.4, -0.2) is 24.2 Å². The summed E-state index contributed by atoms with van der Waals surface area (Å²) in [5, 5.41) is 11.3. The van der Waals surface area contributed by atoms with Crippen molar-refractivity contribution < 1.29 is 9.84 Å². The monoisotopic (exact) mass is 510 g/mol. The van der Waals surface area contributed by atoms with Crippen molar-refractivity contribution in [1.29, 1.82) is 0 Å². The summed E-state index contributed by atoms with van der Waals surface area (Å²) >= 11 is 0. The van der Waals surface area contributed by atoms with Crippen molar-refractivity contribution in [2.75, 3.05) is 0 Å². The minimum atomic E-state index is -1.05. The van der Waals surface area contributed by atoms with Gasteiger partial charge in [0.1, 0.15) is 5.75 Å². The second-order valence-electron chi connectivity index (χ2n) is 10.4. The van der Waals surface area contributed by atoms with Gasteiger partial charge in [-0.05, 0) is 43.6 Å². The van der Waals surface area contributed by atoms with Crippen LogP contribution in [-0.2, 0) is 13.1 Å². The summed E-state index contributed by atoms with van der Waals surface area (Å²) < 4.78 is 8.12. The van der Waals surface area contributed by atoms with Crippen molar-refractivity contribution >= 4 is 0 Å². The molecule has 1 aliphatic rings. The van der Waals surface area contributed by atoms with Gasteiger partial charge in [-0.15, -0.1) is 0 Å². The normalized spacial score (nSPS) is 14.5. The van der Waals surface area contributed by atoms with E-state index in [2.05, 4.69) is 37.7 Å². The van der Waals surface area contributed by atoms with Crippen molar-refractivity contribution in [3.8, 4) is 17.5 Å². The largest absolute Gasteiger partial charge is 0.494 e. The first-order valence-corrected chi connectivity index (χ1v) is 12.8. The predicted molar refractivity (Wildman–Crippen MR) is 140 cm³/mol. The van der Waals surface area contributed by atoms with E-state index < -0.39 is 34.3 Å². The second kappa shape index (κ2) is 10.7. The summed E-state index contributed by atoms with van der Waals surface area (Å²) in [6.07, 6.45) is 2.89. The minimum Gasteiger partial charge on any atom is -0.494 e. The summed E-state index contributed by atoms with van der Waals surface area (Å²) in [4.78, 5) is 57.3. The molecule has 1 aliphatic heterocycles. The van der Waals surface area contributed by atoms with Crippen LogP contribution in [0.2, 0.25) is 0 Å². The Morgan fingerprint density at radius 1 is 0.865 bits per heavy atom. The maximum absolute atomic E-state index is 13.7. The van der Waals surface area contributed by atoms with Gasteiger partial charge >= 0.3 is 11.4 Å². The lowest BCUT2D eigenvalue weighted by molar-refractivity contribution is 0.374. The van der Waals surface area contributed by atoms with Crippen LogP contribution in [0, 0.1) is 11.8 Å². The smallest absolute Gasteiger partial charge is 0.331 e. The highest BCUT2D eigenvalue weighted by Crippen LogP contribution is 2.45. The second-order valence-corrected chi connectivity index (χ2v) is 10.4. The molecular weight excluding hydrogens is 476 g/mol. The Morgan fingerprint density at radius 3 is 2.11 bits per heavy atom. The van der Waals surface area contributed by atoms with Gasteiger partial charge in [-0.2, -0.15) is 0 Å². The molecule has 2 aromatic heterocycles. The number of hydrogen-bond acceptors (Lipinski definition) is 6. The molecule has 0 spiro atoms. The van der Waals surface area contributed by atoms with Crippen LogP contribution in [0.15, 0.2) is 43.4 Å². The number of ether oxygens (including phenoxy) is 1. The van der Waals surface area contributed by atoms with Gasteiger partial charge in [-0.25, -0.2) is 9.59 Å². The van der Waals surface area contributed by atoms with E-state index >= 15 is 0 Å². The fraction of sp³-hybridized carbons (Fsp3) is 0.481. The number of benzene rings is 1. The highest BCUT2D eigenvalue weighted by molar-refractivity contribution is 5.56. The molecule has 37 heavy (non-hydrogen) atoms. The molecule has 3 heterocycles. The zero-order chi connectivity index (χ0) is 26.9. The number of H-pyrrole nitrogens is 2. The van der Waals surface area contributed by atoms with Crippen LogP contribution in [0.1, 0.15) is 76.0 Å². The summed E-state index contributed by atoms with van der Waals surface area (Å²) in [5.74, 6) is -0.481. The Balaban J connectivity index is 1.93. The summed E-state index contributed by atoms with van der Waals surface area (Å²) in [5.41, 5.74) is -2.35. The topological polar surface area (TPSA) is 139 Å². The van der Waals surface area contributed by atoms with Crippen molar-refractivity contribution in [2.24, 2.45) is 11.8 Å². The minimum absolute atomic E-state index is 0.0380. The molecule has 0 amide bonds. The molecule has 0 saturated heterocycles. The number of nitrogens with one attached hydrogen (secondary N) is 2. The highest BCUT2D eigenvalue weighted by atomic mass is 16.5. The van der Waals surface area contributed by atoms with Crippen molar-refractivity contribution in [1.82, 2.24) is 19.1 Å². The van der Waals surface area contributed by atoms with Crippen LogP contribution in [0.4, 0.5) is 0 Å². The van der Waals surface area contributed by atoms with Gasteiger partial charge in [0.25, 0.3) is 11.1 Å². The molecule has 0 aliphatic carbocycles. The lowest BCUT2D eigenvalue weighted by Crippen LogP contribution is -2.41. The number of aromatic hydroxyl groups is 1. The van der Waals surface area contributed by atoms with Gasteiger partial charge < -0.3 is 9.84 Å². The standard InChI is InChI=1S/C27H34N4O6/c1-15(2)9-7-13-30-24(33)20(22(32)28-26(30)35)19-17-11-5-6-12-18(17)37-23-21(19)25(34)31(27(36)29-23)14-8-10-16(3)4/h5-6,11-12,15-16,19,33H,7-10,13-14H2,1-4H3,(H,29,36)(H,28,32,35)/t19-/m0/s1. The number of nitrogens with zero attached hydrogens (tertiary/aromatic N) is 2. The Bertz CT molecular complexity index is 1520. The molecule has 10 nitrogen and oxygen atoms in total. The van der Waals surface area contributed by atoms with E-state index in [-0.39, 0.29) is 30.1 Å². The molecule has 10 heteroatoms. The van der Waals surface area contributed by atoms with Crippen LogP contribution in [0.25, 0.3) is 0 Å². The number of aromatic amines is 2. The van der Waals surface area contributed by atoms with E-state index in [0.29, 0.717) is 36.0 Å². The molecule has 0 bridgehead atoms. The van der Waals surface area contributed by atoms with Crippen molar-refractivity contribution in [3.05, 3.63) is 82.6 Å². The average molecular weight is 511 g/mol.